The van der Waals surface area contributed by atoms with Crippen molar-refractivity contribution >= 4 is 17.8 Å². The topological polar surface area (TPSA) is 92.4 Å². The molecule has 0 bridgehead atoms. The maximum atomic E-state index is 12.6. The molecule has 1 atom stereocenters. The van der Waals surface area contributed by atoms with E-state index in [0.717, 1.165) is 17.0 Å². The number of nitrogens with two attached hydrogens (primary N) is 1. The van der Waals surface area contributed by atoms with Crippen molar-refractivity contribution in [3.63, 3.8) is 0 Å². The van der Waals surface area contributed by atoms with Crippen LogP contribution in [0.4, 0.5) is 5.95 Å². The highest BCUT2D eigenvalue weighted by molar-refractivity contribution is 5.81. The summed E-state index contributed by atoms with van der Waals surface area (Å²) in [4.78, 5) is 36.7. The third-order valence-corrected chi connectivity index (χ3v) is 4.74. The van der Waals surface area contributed by atoms with Crippen LogP contribution in [-0.4, -0.2) is 57.3 Å². The fraction of sp³-hybridized carbons (Fsp3) is 0.667. The zero-order valence-corrected chi connectivity index (χ0v) is 16.1. The molecule has 138 valence electrons. The zero-order chi connectivity index (χ0) is 18.9. The van der Waals surface area contributed by atoms with Gasteiger partial charge in [0.1, 0.15) is 0 Å². The van der Waals surface area contributed by atoms with E-state index in [2.05, 4.69) is 9.97 Å². The maximum absolute atomic E-state index is 12.6. The van der Waals surface area contributed by atoms with Crippen LogP contribution in [-0.2, 0) is 16.0 Å². The lowest BCUT2D eigenvalue weighted by Gasteiger charge is -2.32. The number of aromatic nitrogens is 2. The normalized spacial score (nSPS) is 17.9. The number of hydrogen-bond acceptors (Lipinski definition) is 5. The van der Waals surface area contributed by atoms with E-state index in [1.54, 1.807) is 11.9 Å². The number of aryl methyl sites for hydroxylation is 2. The Kier molecular flexibility index (Phi) is 5.34. The second kappa shape index (κ2) is 6.98. The van der Waals surface area contributed by atoms with E-state index < -0.39 is 0 Å². The van der Waals surface area contributed by atoms with E-state index in [1.165, 1.54) is 0 Å². The molecule has 7 heteroatoms. The quantitative estimate of drug-likeness (QED) is 0.887. The van der Waals surface area contributed by atoms with Crippen molar-refractivity contribution in [3.05, 3.63) is 17.0 Å². The van der Waals surface area contributed by atoms with Gasteiger partial charge in [0.25, 0.3) is 0 Å². The molecule has 2 amide bonds. The van der Waals surface area contributed by atoms with Crippen LogP contribution in [0, 0.1) is 19.8 Å². The Morgan fingerprint density at radius 1 is 1.28 bits per heavy atom. The Bertz CT molecular complexity index is 658. The Morgan fingerprint density at radius 2 is 1.84 bits per heavy atom. The molecule has 1 fully saturated rings. The number of anilines is 1. The Labute approximate surface area is 149 Å². The van der Waals surface area contributed by atoms with Crippen molar-refractivity contribution in [1.82, 2.24) is 19.8 Å². The van der Waals surface area contributed by atoms with Crippen molar-refractivity contribution < 1.29 is 9.59 Å². The first-order chi connectivity index (χ1) is 11.5. The van der Waals surface area contributed by atoms with Crippen molar-refractivity contribution in [2.24, 2.45) is 5.92 Å². The molecule has 2 rings (SSSR count). The number of hydrogen-bond donors (Lipinski definition) is 1. The first-order valence-electron chi connectivity index (χ1n) is 8.63. The summed E-state index contributed by atoms with van der Waals surface area (Å²) in [6, 6.07) is 0. The van der Waals surface area contributed by atoms with Gasteiger partial charge in [0.2, 0.25) is 17.8 Å². The van der Waals surface area contributed by atoms with Gasteiger partial charge in [-0.05, 0) is 34.6 Å². The van der Waals surface area contributed by atoms with E-state index in [9.17, 15) is 9.59 Å². The lowest BCUT2D eigenvalue weighted by atomic mass is 10.1. The number of likely N-dealkylation sites (N-methyl/N-ethyl adjacent to an activating group) is 1. The molecule has 0 saturated carbocycles. The van der Waals surface area contributed by atoms with Crippen LogP contribution in [0.25, 0.3) is 0 Å². The Balaban J connectivity index is 1.99. The van der Waals surface area contributed by atoms with E-state index in [4.69, 9.17) is 5.73 Å². The summed E-state index contributed by atoms with van der Waals surface area (Å²) in [6.07, 6.45) is 0.746. The molecule has 0 unspecified atom stereocenters. The summed E-state index contributed by atoms with van der Waals surface area (Å²) in [7, 11) is 1.79. The zero-order valence-electron chi connectivity index (χ0n) is 16.1. The number of amides is 2. The highest BCUT2D eigenvalue weighted by Crippen LogP contribution is 2.26. The molecule has 1 aromatic heterocycles. The van der Waals surface area contributed by atoms with Gasteiger partial charge in [0.05, 0.1) is 6.42 Å². The van der Waals surface area contributed by atoms with Gasteiger partial charge < -0.3 is 15.5 Å². The van der Waals surface area contributed by atoms with E-state index in [1.807, 2.05) is 39.5 Å². The van der Waals surface area contributed by atoms with Crippen molar-refractivity contribution in [2.45, 2.75) is 53.0 Å². The molecule has 1 saturated heterocycles. The molecule has 2 heterocycles. The lowest BCUT2D eigenvalue weighted by Crippen LogP contribution is -2.43. The summed E-state index contributed by atoms with van der Waals surface area (Å²) in [5.74, 6) is 0.565. The van der Waals surface area contributed by atoms with Crippen LogP contribution in [0.15, 0.2) is 0 Å². The lowest BCUT2D eigenvalue weighted by molar-refractivity contribution is -0.132. The fourth-order valence-corrected chi connectivity index (χ4v) is 3.35. The van der Waals surface area contributed by atoms with E-state index in [0.29, 0.717) is 19.5 Å². The molecule has 7 nitrogen and oxygen atoms in total. The number of likely N-dealkylation sites (tertiary alicyclic amines) is 1. The Hall–Kier alpha value is -2.18. The predicted molar refractivity (Wildman–Crippen MR) is 96.8 cm³/mol. The molecule has 1 aliphatic heterocycles. The predicted octanol–water partition coefficient (Wildman–Crippen LogP) is 1.32. The minimum absolute atomic E-state index is 0.00114. The van der Waals surface area contributed by atoms with E-state index in [-0.39, 0.29) is 35.6 Å². The van der Waals surface area contributed by atoms with Gasteiger partial charge in [0.15, 0.2) is 0 Å². The molecule has 0 aliphatic carbocycles. The van der Waals surface area contributed by atoms with Crippen molar-refractivity contribution in [3.8, 4) is 0 Å². The molecule has 1 aromatic rings. The molecular formula is C18H29N5O2. The standard InChI is InChI=1S/C18H29N5O2/c1-11-14(12(2)21-17(19)20-11)8-15(24)22(6)9-13-7-16(25)23(10-13)18(3,4)5/h13H,7-10H2,1-6H3,(H2,19,20,21)/t13-/m0/s1. The average molecular weight is 347 g/mol. The highest BCUT2D eigenvalue weighted by Gasteiger charge is 2.36. The second-order valence-electron chi connectivity index (χ2n) is 7.93. The summed E-state index contributed by atoms with van der Waals surface area (Å²) in [6.45, 7) is 11.1. The summed E-state index contributed by atoms with van der Waals surface area (Å²) >= 11 is 0. The third-order valence-electron chi connectivity index (χ3n) is 4.74. The maximum Gasteiger partial charge on any atom is 0.226 e. The smallest absolute Gasteiger partial charge is 0.226 e. The summed E-state index contributed by atoms with van der Waals surface area (Å²) in [5.41, 5.74) is 7.76. The minimum atomic E-state index is -0.177. The van der Waals surface area contributed by atoms with Gasteiger partial charge in [-0.1, -0.05) is 0 Å². The van der Waals surface area contributed by atoms with Gasteiger partial charge in [-0.2, -0.15) is 0 Å². The molecule has 2 N–H and O–H groups in total. The van der Waals surface area contributed by atoms with Crippen LogP contribution in [0.5, 0.6) is 0 Å². The summed E-state index contributed by atoms with van der Waals surface area (Å²) in [5, 5.41) is 0. The first kappa shape index (κ1) is 19.1. The molecule has 0 radical (unpaired) electrons. The number of carbonyl (C=O) groups is 2. The van der Waals surface area contributed by atoms with E-state index >= 15 is 0 Å². The van der Waals surface area contributed by atoms with Gasteiger partial charge in [-0.25, -0.2) is 9.97 Å². The number of carbonyl (C=O) groups excluding carboxylic acids is 2. The largest absolute Gasteiger partial charge is 0.368 e. The van der Waals surface area contributed by atoms with Crippen LogP contribution in [0.2, 0.25) is 0 Å². The van der Waals surface area contributed by atoms with Crippen LogP contribution < -0.4 is 5.73 Å². The van der Waals surface area contributed by atoms with Crippen LogP contribution >= 0.6 is 0 Å². The van der Waals surface area contributed by atoms with Gasteiger partial charge in [-0.3, -0.25) is 9.59 Å². The Morgan fingerprint density at radius 3 is 2.32 bits per heavy atom. The summed E-state index contributed by atoms with van der Waals surface area (Å²) < 4.78 is 0. The second-order valence-corrected chi connectivity index (χ2v) is 7.93. The minimum Gasteiger partial charge on any atom is -0.368 e. The van der Waals surface area contributed by atoms with Crippen LogP contribution in [0.3, 0.4) is 0 Å². The fourth-order valence-electron chi connectivity index (χ4n) is 3.35. The van der Waals surface area contributed by atoms with Gasteiger partial charge in [-0.15, -0.1) is 0 Å². The SMILES string of the molecule is Cc1nc(N)nc(C)c1CC(=O)N(C)C[C@@H]1CC(=O)N(C(C)(C)C)C1. The molecular weight excluding hydrogens is 318 g/mol. The first-order valence-corrected chi connectivity index (χ1v) is 8.63. The molecule has 0 spiro atoms. The molecule has 25 heavy (non-hydrogen) atoms. The molecule has 1 aliphatic rings. The van der Waals surface area contributed by atoms with Crippen molar-refractivity contribution in [1.29, 1.82) is 0 Å². The van der Waals surface area contributed by atoms with Crippen molar-refractivity contribution in [2.75, 3.05) is 25.9 Å². The van der Waals surface area contributed by atoms with Crippen LogP contribution in [0.1, 0.15) is 44.1 Å². The number of rotatable bonds is 4. The van der Waals surface area contributed by atoms with Gasteiger partial charge >= 0.3 is 0 Å². The number of nitrogen functional groups attached to an aromatic ring is 1. The molecule has 0 aromatic carbocycles. The van der Waals surface area contributed by atoms with Gasteiger partial charge in [0, 0.05) is 55.0 Å². The highest BCUT2D eigenvalue weighted by atomic mass is 16.2. The monoisotopic (exact) mass is 347 g/mol. The number of nitrogens with zero attached hydrogens (tertiary/aromatic N) is 4. The third kappa shape index (κ3) is 4.46. The average Bonchev–Trinajstić information content (AvgIpc) is 2.83.